The highest BCUT2D eigenvalue weighted by Gasteiger charge is 2.30. The molecule has 28 heavy (non-hydrogen) atoms. The number of aromatic nitrogens is 5. The minimum atomic E-state index is 0.802. The molecule has 0 N–H and O–H groups in total. The van der Waals surface area contributed by atoms with Gasteiger partial charge in [-0.25, -0.2) is 4.98 Å². The van der Waals surface area contributed by atoms with Crippen molar-refractivity contribution in [3.63, 3.8) is 0 Å². The fraction of sp³-hybridized carbons (Fsp3) is 0.273. The minimum absolute atomic E-state index is 0.802. The third kappa shape index (κ3) is 2.81. The molecule has 4 aromatic rings. The van der Waals surface area contributed by atoms with E-state index < -0.39 is 0 Å². The highest BCUT2D eigenvalue weighted by molar-refractivity contribution is 5.74. The van der Waals surface area contributed by atoms with Gasteiger partial charge in [-0.1, -0.05) is 12.5 Å². The monoisotopic (exact) mass is 372 g/mol. The number of rotatable bonds is 3. The number of ether oxygens (including phenoxy) is 1. The van der Waals surface area contributed by atoms with Crippen molar-refractivity contribution >= 4 is 11.0 Å². The Morgan fingerprint density at radius 2 is 2.00 bits per heavy atom. The molecule has 0 saturated heterocycles. The summed E-state index contributed by atoms with van der Waals surface area (Å²) in [5.74, 6) is 0.802. The van der Waals surface area contributed by atoms with Crippen LogP contribution in [0.4, 0.5) is 0 Å². The van der Waals surface area contributed by atoms with E-state index in [9.17, 15) is 0 Å². The first kappa shape index (κ1) is 16.9. The molecule has 6 heteroatoms. The first-order chi connectivity index (χ1) is 13.8. The van der Waals surface area contributed by atoms with Crippen LogP contribution < -0.4 is 9.30 Å². The zero-order valence-corrected chi connectivity index (χ0v) is 15.9. The molecule has 0 fully saturated rings. The number of hydrogen-bond acceptors (Lipinski definition) is 4. The van der Waals surface area contributed by atoms with Gasteiger partial charge in [-0.05, 0) is 37.5 Å². The molecule has 1 aromatic carbocycles. The maximum Gasteiger partial charge on any atom is 0.262 e. The summed E-state index contributed by atoms with van der Waals surface area (Å²) in [7, 11) is 1.68. The van der Waals surface area contributed by atoms with Crippen LogP contribution in [0, 0.1) is 0 Å². The van der Waals surface area contributed by atoms with Gasteiger partial charge in [-0.2, -0.15) is 9.67 Å². The Hall–Kier alpha value is -3.28. The Balaban J connectivity index is 1.80. The van der Waals surface area contributed by atoms with Crippen LogP contribution in [0.2, 0.25) is 0 Å². The summed E-state index contributed by atoms with van der Waals surface area (Å²) in [5.41, 5.74) is 6.11. The topological polar surface area (TPSA) is 56.7 Å². The molecule has 0 saturated carbocycles. The Morgan fingerprint density at radius 3 is 2.86 bits per heavy atom. The molecule has 0 spiro atoms. The Bertz CT molecular complexity index is 1140. The van der Waals surface area contributed by atoms with E-state index in [2.05, 4.69) is 25.3 Å². The van der Waals surface area contributed by atoms with Gasteiger partial charge < -0.3 is 4.74 Å². The second kappa shape index (κ2) is 7.03. The van der Waals surface area contributed by atoms with Crippen molar-refractivity contribution in [2.45, 2.75) is 32.2 Å². The van der Waals surface area contributed by atoms with Crippen LogP contribution >= 0.6 is 0 Å². The molecule has 1 aliphatic rings. The van der Waals surface area contributed by atoms with Gasteiger partial charge in [0.05, 0.1) is 19.0 Å². The highest BCUT2D eigenvalue weighted by Crippen LogP contribution is 2.29. The van der Waals surface area contributed by atoms with Crippen molar-refractivity contribution in [3.8, 4) is 22.8 Å². The zero-order chi connectivity index (χ0) is 18.9. The summed E-state index contributed by atoms with van der Waals surface area (Å²) in [6, 6.07) is 12.0. The fourth-order valence-electron chi connectivity index (χ4n) is 3.97. The Kier molecular flexibility index (Phi) is 4.24. The summed E-state index contributed by atoms with van der Waals surface area (Å²) in [4.78, 5) is 9.13. The average Bonchev–Trinajstić information content (AvgIpc) is 2.95. The lowest BCUT2D eigenvalue weighted by Gasteiger charge is -2.05. The second-order valence-corrected chi connectivity index (χ2v) is 7.04. The molecule has 0 amide bonds. The summed E-state index contributed by atoms with van der Waals surface area (Å²) < 4.78 is 9.76. The number of fused-ring (bicyclic) bond motifs is 2. The lowest BCUT2D eigenvalue weighted by atomic mass is 10.1. The lowest BCUT2D eigenvalue weighted by molar-refractivity contribution is -0.567. The van der Waals surface area contributed by atoms with Gasteiger partial charge in [-0.15, -0.1) is 0 Å². The Morgan fingerprint density at radius 1 is 1.04 bits per heavy atom. The Labute approximate surface area is 163 Å². The fourth-order valence-corrected chi connectivity index (χ4v) is 3.97. The molecule has 140 valence electrons. The third-order valence-electron chi connectivity index (χ3n) is 5.33. The van der Waals surface area contributed by atoms with Crippen LogP contribution in [0.1, 0.15) is 25.0 Å². The highest BCUT2D eigenvalue weighted by atomic mass is 16.5. The molecular formula is C22H22N5O+. The van der Waals surface area contributed by atoms with Crippen molar-refractivity contribution in [1.29, 1.82) is 0 Å². The van der Waals surface area contributed by atoms with Gasteiger partial charge in [0.1, 0.15) is 17.0 Å². The van der Waals surface area contributed by atoms with E-state index in [0.29, 0.717) is 0 Å². The normalized spacial score (nSPS) is 13.9. The quantitative estimate of drug-likeness (QED) is 0.517. The van der Waals surface area contributed by atoms with E-state index in [1.165, 1.54) is 18.5 Å². The van der Waals surface area contributed by atoms with Crippen LogP contribution in [0.25, 0.3) is 28.1 Å². The van der Waals surface area contributed by atoms with Gasteiger partial charge in [-0.3, -0.25) is 9.67 Å². The van der Waals surface area contributed by atoms with E-state index in [4.69, 9.17) is 9.84 Å². The molecule has 3 aromatic heterocycles. The van der Waals surface area contributed by atoms with Crippen LogP contribution in [0.3, 0.4) is 0 Å². The molecule has 0 bridgehead atoms. The first-order valence-electron chi connectivity index (χ1n) is 9.71. The predicted octanol–water partition coefficient (Wildman–Crippen LogP) is 3.51. The maximum absolute atomic E-state index is 5.38. The van der Waals surface area contributed by atoms with Gasteiger partial charge >= 0.3 is 0 Å². The summed E-state index contributed by atoms with van der Waals surface area (Å²) in [6.45, 7) is 0.951. The maximum atomic E-state index is 5.38. The number of aryl methyl sites for hydroxylation is 1. The van der Waals surface area contributed by atoms with E-state index in [1.807, 2.05) is 48.9 Å². The lowest BCUT2D eigenvalue weighted by Crippen LogP contribution is -2.33. The van der Waals surface area contributed by atoms with Crippen molar-refractivity contribution < 1.29 is 9.30 Å². The van der Waals surface area contributed by atoms with Crippen molar-refractivity contribution in [2.75, 3.05) is 7.11 Å². The number of pyridine rings is 1. The van der Waals surface area contributed by atoms with Crippen LogP contribution in [-0.2, 0) is 13.0 Å². The molecular weight excluding hydrogens is 350 g/mol. The number of nitrogens with zero attached hydrogens (tertiary/aromatic N) is 5. The molecule has 0 unspecified atom stereocenters. The van der Waals surface area contributed by atoms with E-state index in [0.717, 1.165) is 53.2 Å². The largest absolute Gasteiger partial charge is 0.497 e. The molecule has 0 radical (unpaired) electrons. The van der Waals surface area contributed by atoms with Crippen LogP contribution in [-0.4, -0.2) is 26.9 Å². The van der Waals surface area contributed by atoms with Crippen LogP contribution in [0.5, 0.6) is 5.75 Å². The number of methoxy groups -OCH3 is 1. The summed E-state index contributed by atoms with van der Waals surface area (Å²) in [6.07, 6.45) is 10.3. The molecule has 0 aliphatic carbocycles. The van der Waals surface area contributed by atoms with Gasteiger partial charge in [0.15, 0.2) is 11.9 Å². The van der Waals surface area contributed by atoms with Crippen LogP contribution in [0.15, 0.2) is 55.0 Å². The molecule has 4 heterocycles. The van der Waals surface area contributed by atoms with E-state index in [1.54, 1.807) is 7.11 Å². The van der Waals surface area contributed by atoms with Crippen molar-refractivity contribution in [2.24, 2.45) is 0 Å². The zero-order valence-electron chi connectivity index (χ0n) is 15.9. The van der Waals surface area contributed by atoms with E-state index in [-0.39, 0.29) is 0 Å². The smallest absolute Gasteiger partial charge is 0.262 e. The third-order valence-corrected chi connectivity index (χ3v) is 5.33. The number of hydrogen-bond donors (Lipinski definition) is 0. The van der Waals surface area contributed by atoms with Gasteiger partial charge in [0.2, 0.25) is 5.52 Å². The molecule has 5 rings (SSSR count). The number of benzene rings is 1. The van der Waals surface area contributed by atoms with Crippen molar-refractivity contribution in [3.05, 3.63) is 60.7 Å². The summed E-state index contributed by atoms with van der Waals surface area (Å²) in [5, 5.41) is 4.99. The van der Waals surface area contributed by atoms with Gasteiger partial charge in [0.25, 0.3) is 5.69 Å². The van der Waals surface area contributed by atoms with Gasteiger partial charge in [0, 0.05) is 24.9 Å². The summed E-state index contributed by atoms with van der Waals surface area (Å²) >= 11 is 0. The standard InChI is InChI=1S/C22H22N5O/c1-28-16-9-10-19-18(15-16)24-12-14-26(19)22-20-8-3-2-6-13-27(20)25-21(22)17-7-4-5-11-23-17/h4-5,7,9-12,14-15H,2-3,6,8,13H2,1H3/q+1. The molecule has 1 aliphatic heterocycles. The molecule has 6 nitrogen and oxygen atoms in total. The SMILES string of the molecule is COc1ccc2c(c1)ncc[n+]2-c1c(-c2ccccn2)nn2c1CCCCC2. The molecule has 0 atom stereocenters. The minimum Gasteiger partial charge on any atom is -0.497 e. The first-order valence-corrected chi connectivity index (χ1v) is 9.71. The predicted molar refractivity (Wildman–Crippen MR) is 106 cm³/mol. The van der Waals surface area contributed by atoms with E-state index >= 15 is 0 Å². The average molecular weight is 372 g/mol. The second-order valence-electron chi connectivity index (χ2n) is 7.04. The van der Waals surface area contributed by atoms with Crippen molar-refractivity contribution in [1.82, 2.24) is 19.7 Å².